The van der Waals surface area contributed by atoms with E-state index in [-0.39, 0.29) is 35.8 Å². The molecule has 0 amide bonds. The van der Waals surface area contributed by atoms with E-state index in [1.807, 2.05) is 13.8 Å². The summed E-state index contributed by atoms with van der Waals surface area (Å²) in [5, 5.41) is 39.0. The van der Waals surface area contributed by atoms with Gasteiger partial charge >= 0.3 is 71.6 Å². The Bertz CT molecular complexity index is 2630. The predicted octanol–water partition coefficient (Wildman–Crippen LogP) is 20.6. The average Bonchev–Trinajstić information content (AvgIpc) is 0.719. The molecule has 8 nitrogen and oxygen atoms in total. The molecule has 3 aromatic carbocycles. The lowest BCUT2D eigenvalue weighted by molar-refractivity contribution is -0.440. The zero-order chi connectivity index (χ0) is 74.6. The molecule has 0 heterocycles. The van der Waals surface area contributed by atoms with Gasteiger partial charge in [0.25, 0.3) is 0 Å². The largest absolute Gasteiger partial charge is 0.489 e. The lowest BCUT2D eigenvalue weighted by Gasteiger charge is -2.39. The van der Waals surface area contributed by atoms with E-state index in [9.17, 15) is 135 Å². The van der Waals surface area contributed by atoms with Gasteiger partial charge in [-0.15, -0.1) is 0 Å². The second kappa shape index (κ2) is 36.2. The Morgan fingerprint density at radius 2 is 0.551 bits per heavy atom. The Balaban J connectivity index is 2.01. The van der Waals surface area contributed by atoms with Crippen molar-refractivity contribution in [2.45, 2.75) is 239 Å². The van der Waals surface area contributed by atoms with Gasteiger partial charge in [0.2, 0.25) is 0 Å². The SMILES string of the molecule is CCCCCCCCCC(CCCC(F)(F)C(F)(F)C(F)(F)C(F)(F)C(F)(F)C(F)(F)F)COc1cc(-c2ccc(-c3ccc(OCC(O)CO)c(OCC(CCCCCCCCC)CCCC(F)(F)C(F)(F)C(F)(F)C(F)(F)C(F)(F)C(F)(F)F)c3)cc2)ccc1OCC(O)CO. The minimum atomic E-state index is -8.06. The van der Waals surface area contributed by atoms with Gasteiger partial charge < -0.3 is 39.4 Å². The normalized spacial score (nSPS) is 15.1. The molecule has 4 atom stereocenters. The molecular formula is C64H80F26O8. The fourth-order valence-electron chi connectivity index (χ4n) is 10.1. The maximum Gasteiger partial charge on any atom is 0.460 e. The molecule has 0 spiro atoms. The first-order valence-electron chi connectivity index (χ1n) is 31.5. The molecule has 0 radical (unpaired) electrons. The van der Waals surface area contributed by atoms with Crippen molar-refractivity contribution in [1.29, 1.82) is 0 Å². The summed E-state index contributed by atoms with van der Waals surface area (Å²) in [7, 11) is 0. The molecule has 3 aromatic rings. The van der Waals surface area contributed by atoms with E-state index in [2.05, 4.69) is 0 Å². The van der Waals surface area contributed by atoms with Gasteiger partial charge in [0, 0.05) is 12.8 Å². The van der Waals surface area contributed by atoms with E-state index in [1.165, 1.54) is 60.7 Å². The fourth-order valence-corrected chi connectivity index (χ4v) is 10.1. The van der Waals surface area contributed by atoms with Crippen molar-refractivity contribution >= 4 is 0 Å². The lowest BCUT2D eigenvalue weighted by atomic mass is 9.89. The van der Waals surface area contributed by atoms with E-state index in [0.717, 1.165) is 51.4 Å². The summed E-state index contributed by atoms with van der Waals surface area (Å²) in [6.07, 6.45) is -16.8. The number of ether oxygens (including phenoxy) is 4. The van der Waals surface area contributed by atoms with E-state index < -0.39 is 174 Å². The van der Waals surface area contributed by atoms with Crippen LogP contribution in [0, 0.1) is 11.8 Å². The van der Waals surface area contributed by atoms with E-state index in [1.54, 1.807) is 0 Å². The molecule has 4 unspecified atom stereocenters. The predicted molar refractivity (Wildman–Crippen MR) is 307 cm³/mol. The number of hydrogen-bond acceptors (Lipinski definition) is 8. The standard InChI is InChI=1S/C64H80F26O8/c1-3-5-7-9-11-13-15-19-41(21-17-31-53(65,66)55(69,70)57(73,74)59(77,78)61(81,82)63(85,86)87)37-95-51-33-45(27-29-49(51)97-39-47(93)35-91)43-23-25-44(26-24-43)46-28-30-50(98-40-48(94)36-92)52(34-46)96-38-42(20-16-14-12-10-8-6-4-2)22-18-32-54(67,68)56(71,72)58(75,76)60(79,80)62(83,84)64(88,89)90/h23-30,33-34,41-42,47-48,91-94H,3-22,31-32,35-40H2,1-2H3. The molecular weight excluding hydrogens is 1390 g/mol. The molecule has 0 saturated heterocycles. The molecule has 0 aliphatic carbocycles. The minimum Gasteiger partial charge on any atom is -0.489 e. The van der Waals surface area contributed by atoms with Crippen LogP contribution < -0.4 is 18.9 Å². The molecule has 34 heteroatoms. The first kappa shape index (κ1) is 87.1. The molecule has 0 aliphatic heterocycles. The van der Waals surface area contributed by atoms with Crippen LogP contribution in [0.2, 0.25) is 0 Å². The molecule has 0 aliphatic rings. The van der Waals surface area contributed by atoms with Crippen molar-refractivity contribution in [3.63, 3.8) is 0 Å². The summed E-state index contributed by atoms with van der Waals surface area (Å²) in [5.41, 5.74) is 1.42. The van der Waals surface area contributed by atoms with Crippen molar-refractivity contribution in [3.8, 4) is 45.3 Å². The zero-order valence-electron chi connectivity index (χ0n) is 53.1. The molecule has 0 fully saturated rings. The molecule has 566 valence electrons. The van der Waals surface area contributed by atoms with Crippen molar-refractivity contribution in [2.75, 3.05) is 39.6 Å². The van der Waals surface area contributed by atoms with Crippen LogP contribution in [0.5, 0.6) is 23.0 Å². The second-order valence-corrected chi connectivity index (χ2v) is 24.2. The summed E-state index contributed by atoms with van der Waals surface area (Å²) in [5.74, 6) is -77.9. The maximum absolute atomic E-state index is 14.9. The quantitative estimate of drug-likeness (QED) is 0.0326. The number of unbranched alkanes of at least 4 members (excludes halogenated alkanes) is 12. The van der Waals surface area contributed by atoms with Gasteiger partial charge in [-0.2, -0.15) is 114 Å². The third-order valence-corrected chi connectivity index (χ3v) is 16.3. The van der Waals surface area contributed by atoms with Gasteiger partial charge in [0.15, 0.2) is 23.0 Å². The topological polar surface area (TPSA) is 118 Å². The first-order valence-corrected chi connectivity index (χ1v) is 31.5. The number of aliphatic hydroxyl groups excluding tert-OH is 4. The number of benzene rings is 3. The van der Waals surface area contributed by atoms with Gasteiger partial charge in [-0.1, -0.05) is 140 Å². The molecule has 3 rings (SSSR count). The van der Waals surface area contributed by atoms with E-state index >= 15 is 0 Å². The summed E-state index contributed by atoms with van der Waals surface area (Å²) in [6, 6.07) is 14.4. The van der Waals surface area contributed by atoms with Crippen LogP contribution >= 0.6 is 0 Å². The highest BCUT2D eigenvalue weighted by molar-refractivity contribution is 5.73. The Morgan fingerprint density at radius 1 is 0.296 bits per heavy atom. The van der Waals surface area contributed by atoms with Crippen LogP contribution in [-0.4, -0.2) is 144 Å². The molecule has 0 bridgehead atoms. The Morgan fingerprint density at radius 3 is 0.837 bits per heavy atom. The first-order chi connectivity index (χ1) is 45.1. The molecule has 0 aromatic heterocycles. The highest BCUT2D eigenvalue weighted by Gasteiger charge is 2.92. The lowest BCUT2D eigenvalue weighted by Crippen LogP contribution is -2.70. The fraction of sp³-hybridized carbons (Fsp3) is 0.719. The highest BCUT2D eigenvalue weighted by Crippen LogP contribution is 2.63. The van der Waals surface area contributed by atoms with Gasteiger partial charge in [-0.3, -0.25) is 0 Å². The summed E-state index contributed by atoms with van der Waals surface area (Å²) >= 11 is 0. The zero-order valence-corrected chi connectivity index (χ0v) is 53.1. The van der Waals surface area contributed by atoms with E-state index in [0.29, 0.717) is 60.8 Å². The van der Waals surface area contributed by atoms with Crippen LogP contribution in [0.1, 0.15) is 155 Å². The van der Waals surface area contributed by atoms with Crippen LogP contribution in [-0.2, 0) is 0 Å². The number of alkyl halides is 26. The van der Waals surface area contributed by atoms with Gasteiger partial charge in [0.05, 0.1) is 26.4 Å². The smallest absolute Gasteiger partial charge is 0.460 e. The van der Waals surface area contributed by atoms with Crippen molar-refractivity contribution < 1.29 is 154 Å². The molecule has 0 saturated carbocycles. The summed E-state index contributed by atoms with van der Waals surface area (Å²) < 4.78 is 385. The number of halogens is 26. The monoisotopic (exact) mass is 1470 g/mol. The molecule has 98 heavy (non-hydrogen) atoms. The van der Waals surface area contributed by atoms with Gasteiger partial charge in [-0.25, -0.2) is 0 Å². The van der Waals surface area contributed by atoms with Crippen molar-refractivity contribution in [3.05, 3.63) is 60.7 Å². The van der Waals surface area contributed by atoms with Crippen LogP contribution in [0.3, 0.4) is 0 Å². The van der Waals surface area contributed by atoms with Crippen LogP contribution in [0.25, 0.3) is 22.3 Å². The van der Waals surface area contributed by atoms with Gasteiger partial charge in [0.1, 0.15) is 25.4 Å². The third kappa shape index (κ3) is 21.5. The molecule has 4 N–H and O–H groups in total. The highest BCUT2D eigenvalue weighted by atomic mass is 19.4. The Kier molecular flexibility index (Phi) is 32.1. The van der Waals surface area contributed by atoms with Gasteiger partial charge in [-0.05, 0) is 96.9 Å². The summed E-state index contributed by atoms with van der Waals surface area (Å²) in [4.78, 5) is 0. The summed E-state index contributed by atoms with van der Waals surface area (Å²) in [6.45, 7) is 0.143. The maximum atomic E-state index is 14.9. The second-order valence-electron chi connectivity index (χ2n) is 24.2. The number of hydrogen-bond donors (Lipinski definition) is 4. The number of aliphatic hydroxyl groups is 4. The van der Waals surface area contributed by atoms with Crippen LogP contribution in [0.4, 0.5) is 114 Å². The minimum absolute atomic E-state index is 0.0491. The van der Waals surface area contributed by atoms with E-state index in [4.69, 9.17) is 18.9 Å². The average molecular weight is 1470 g/mol. The Hall–Kier alpha value is -5.12. The third-order valence-electron chi connectivity index (χ3n) is 16.3. The number of rotatable bonds is 48. The van der Waals surface area contributed by atoms with Crippen molar-refractivity contribution in [1.82, 2.24) is 0 Å². The van der Waals surface area contributed by atoms with Crippen LogP contribution in [0.15, 0.2) is 60.7 Å². The van der Waals surface area contributed by atoms with Crippen molar-refractivity contribution in [2.24, 2.45) is 11.8 Å². The Labute approximate surface area is 548 Å².